The minimum absolute atomic E-state index is 0.0204. The van der Waals surface area contributed by atoms with Crippen molar-refractivity contribution in [1.29, 1.82) is 0 Å². The number of rotatable bonds is 13. The summed E-state index contributed by atoms with van der Waals surface area (Å²) in [6, 6.07) is 13.0. The van der Waals surface area contributed by atoms with Gasteiger partial charge in [-0.25, -0.2) is 13.6 Å². The topological polar surface area (TPSA) is 46.5 Å². The molecule has 0 amide bonds. The Balaban J connectivity index is 1.59. The highest BCUT2D eigenvalue weighted by molar-refractivity contribution is 5.77. The second-order valence-electron chi connectivity index (χ2n) is 10.1. The molecule has 0 heterocycles. The highest BCUT2D eigenvalue weighted by atomic mass is 19.1. The van der Waals surface area contributed by atoms with Gasteiger partial charge in [-0.15, -0.1) is 0 Å². The van der Waals surface area contributed by atoms with Crippen molar-refractivity contribution in [3.05, 3.63) is 53.8 Å². The minimum atomic E-state index is -2.12. The molecule has 192 valence electrons. The summed E-state index contributed by atoms with van der Waals surface area (Å²) in [5, 5.41) is 9.73. The van der Waals surface area contributed by atoms with Crippen LogP contribution in [-0.2, 0) is 11.2 Å². The maximum atomic E-state index is 15.7. The number of carbonyl (C=O) groups is 1. The van der Waals surface area contributed by atoms with E-state index in [1.165, 1.54) is 6.07 Å². The van der Waals surface area contributed by atoms with Crippen LogP contribution in [-0.4, -0.2) is 23.4 Å². The minimum Gasteiger partial charge on any atom is -0.491 e. The molecule has 3 rings (SSSR count). The van der Waals surface area contributed by atoms with Gasteiger partial charge in [0.25, 0.3) is 0 Å². The second kappa shape index (κ2) is 13.0. The quantitative estimate of drug-likeness (QED) is 0.289. The molecule has 1 aliphatic carbocycles. The van der Waals surface area contributed by atoms with E-state index < -0.39 is 11.6 Å². The Hall–Kier alpha value is -2.43. The lowest BCUT2D eigenvalue weighted by molar-refractivity contribution is -0.158. The lowest BCUT2D eigenvalue weighted by atomic mass is 9.73. The van der Waals surface area contributed by atoms with Gasteiger partial charge < -0.3 is 9.84 Å². The van der Waals surface area contributed by atoms with E-state index in [9.17, 15) is 14.3 Å². The predicted molar refractivity (Wildman–Crippen MR) is 137 cm³/mol. The molecule has 1 saturated carbocycles. The maximum Gasteiger partial charge on any atom is 0.341 e. The summed E-state index contributed by atoms with van der Waals surface area (Å²) in [6.07, 6.45) is 8.52. The lowest BCUT2D eigenvalue weighted by Crippen LogP contribution is -2.44. The number of aliphatic carboxylic acids is 1. The summed E-state index contributed by atoms with van der Waals surface area (Å²) in [5.41, 5.74) is 0.705. The summed E-state index contributed by atoms with van der Waals surface area (Å²) < 4.78 is 35.6. The average Bonchev–Trinajstić information content (AvgIpc) is 2.88. The van der Waals surface area contributed by atoms with Crippen LogP contribution in [0.25, 0.3) is 11.1 Å². The van der Waals surface area contributed by atoms with Gasteiger partial charge in [-0.05, 0) is 73.3 Å². The molecule has 1 unspecified atom stereocenters. The summed E-state index contributed by atoms with van der Waals surface area (Å²) in [4.78, 5) is 11.9. The van der Waals surface area contributed by atoms with Crippen LogP contribution in [0, 0.1) is 17.7 Å². The molecule has 0 bridgehead atoms. The first-order valence-electron chi connectivity index (χ1n) is 13.3. The van der Waals surface area contributed by atoms with Crippen LogP contribution < -0.4 is 4.74 Å². The average molecular weight is 487 g/mol. The SMILES string of the molecule is CCCCOc1ccc(-c2ccc(CCC(CC)C[C@@](F)(C(=O)O)C3CCCCC3)cc2)cc1F. The van der Waals surface area contributed by atoms with Crippen LogP contribution in [0.5, 0.6) is 5.75 Å². The van der Waals surface area contributed by atoms with E-state index in [2.05, 4.69) is 6.92 Å². The van der Waals surface area contributed by atoms with E-state index in [0.29, 0.717) is 19.4 Å². The predicted octanol–water partition coefficient (Wildman–Crippen LogP) is 8.39. The summed E-state index contributed by atoms with van der Waals surface area (Å²) in [7, 11) is 0. The molecule has 2 aromatic carbocycles. The monoisotopic (exact) mass is 486 g/mol. The molecule has 0 spiro atoms. The highest BCUT2D eigenvalue weighted by Crippen LogP contribution is 2.41. The van der Waals surface area contributed by atoms with Crippen molar-refractivity contribution in [3.8, 4) is 16.9 Å². The molecular formula is C30H40F2O3. The van der Waals surface area contributed by atoms with E-state index in [1.807, 2.05) is 37.3 Å². The zero-order chi connectivity index (χ0) is 25.3. The molecular weight excluding hydrogens is 446 g/mol. The van der Waals surface area contributed by atoms with Crippen molar-refractivity contribution in [2.24, 2.45) is 11.8 Å². The molecule has 5 heteroatoms. The molecule has 3 nitrogen and oxygen atoms in total. The molecule has 1 aliphatic rings. The van der Waals surface area contributed by atoms with Crippen molar-refractivity contribution >= 4 is 5.97 Å². The normalized spacial score (nSPS) is 17.0. The third-order valence-electron chi connectivity index (χ3n) is 7.59. The van der Waals surface area contributed by atoms with Gasteiger partial charge in [0.05, 0.1) is 6.61 Å². The largest absolute Gasteiger partial charge is 0.491 e. The van der Waals surface area contributed by atoms with Crippen LogP contribution in [0.4, 0.5) is 8.78 Å². The van der Waals surface area contributed by atoms with Crippen molar-refractivity contribution in [2.45, 2.75) is 90.1 Å². The van der Waals surface area contributed by atoms with E-state index in [4.69, 9.17) is 4.74 Å². The number of ether oxygens (including phenoxy) is 1. The number of hydrogen-bond donors (Lipinski definition) is 1. The lowest BCUT2D eigenvalue weighted by Gasteiger charge is -2.35. The van der Waals surface area contributed by atoms with Gasteiger partial charge in [0.2, 0.25) is 5.67 Å². The van der Waals surface area contributed by atoms with Crippen molar-refractivity contribution in [3.63, 3.8) is 0 Å². The summed E-state index contributed by atoms with van der Waals surface area (Å²) in [5.74, 6) is -1.72. The van der Waals surface area contributed by atoms with Crippen LogP contribution >= 0.6 is 0 Å². The van der Waals surface area contributed by atoms with Crippen LogP contribution in [0.2, 0.25) is 0 Å². The van der Waals surface area contributed by atoms with Crippen LogP contribution in [0.1, 0.15) is 83.6 Å². The van der Waals surface area contributed by atoms with Gasteiger partial charge >= 0.3 is 5.97 Å². The van der Waals surface area contributed by atoms with Gasteiger partial charge in [-0.2, -0.15) is 0 Å². The first kappa shape index (κ1) is 27.2. The Labute approximate surface area is 208 Å². The number of carboxylic acid groups (broad SMARTS) is 1. The van der Waals surface area contributed by atoms with Gasteiger partial charge in [0.15, 0.2) is 11.6 Å². The van der Waals surface area contributed by atoms with E-state index >= 15 is 4.39 Å². The number of alkyl halides is 1. The molecule has 2 atom stereocenters. The standard InChI is InChI=1S/C30H40F2O3/c1-3-5-19-35-28-18-17-25(20-27(28)31)24-15-13-23(14-16-24)12-11-22(4-2)21-30(32,29(33)34)26-9-7-6-8-10-26/h13-18,20,22,26H,3-12,19,21H2,1-2H3,(H,33,34)/t22?,30-/m0/s1. The molecule has 0 radical (unpaired) electrons. The Morgan fingerprint density at radius 3 is 2.37 bits per heavy atom. The maximum absolute atomic E-state index is 15.7. The summed E-state index contributed by atoms with van der Waals surface area (Å²) >= 11 is 0. The second-order valence-corrected chi connectivity index (χ2v) is 10.1. The Morgan fingerprint density at radius 2 is 1.77 bits per heavy atom. The smallest absolute Gasteiger partial charge is 0.341 e. The first-order valence-corrected chi connectivity index (χ1v) is 13.3. The van der Waals surface area contributed by atoms with Gasteiger partial charge in [0.1, 0.15) is 0 Å². The number of aryl methyl sites for hydroxylation is 1. The molecule has 0 aliphatic heterocycles. The van der Waals surface area contributed by atoms with Crippen molar-refractivity contribution < 1.29 is 23.4 Å². The number of carboxylic acids is 1. The Morgan fingerprint density at radius 1 is 1.09 bits per heavy atom. The highest BCUT2D eigenvalue weighted by Gasteiger charge is 2.47. The number of halogens is 2. The zero-order valence-corrected chi connectivity index (χ0v) is 21.2. The summed E-state index contributed by atoms with van der Waals surface area (Å²) in [6.45, 7) is 4.59. The van der Waals surface area contributed by atoms with Gasteiger partial charge in [-0.1, -0.05) is 76.3 Å². The molecule has 0 aromatic heterocycles. The third-order valence-corrected chi connectivity index (χ3v) is 7.59. The number of unbranched alkanes of at least 4 members (excludes halogenated alkanes) is 1. The molecule has 2 aromatic rings. The molecule has 1 fully saturated rings. The fourth-order valence-electron chi connectivity index (χ4n) is 5.22. The zero-order valence-electron chi connectivity index (χ0n) is 21.2. The van der Waals surface area contributed by atoms with E-state index in [1.54, 1.807) is 6.07 Å². The fourth-order valence-corrected chi connectivity index (χ4v) is 5.22. The van der Waals surface area contributed by atoms with Crippen molar-refractivity contribution in [2.75, 3.05) is 6.61 Å². The van der Waals surface area contributed by atoms with E-state index in [-0.39, 0.29) is 29.8 Å². The first-order chi connectivity index (χ1) is 16.9. The van der Waals surface area contributed by atoms with Crippen molar-refractivity contribution in [1.82, 2.24) is 0 Å². The fraction of sp³-hybridized carbons (Fsp3) is 0.567. The van der Waals surface area contributed by atoms with Crippen LogP contribution in [0.3, 0.4) is 0 Å². The van der Waals surface area contributed by atoms with E-state index in [0.717, 1.165) is 68.1 Å². The van der Waals surface area contributed by atoms with Gasteiger partial charge in [0, 0.05) is 5.92 Å². The van der Waals surface area contributed by atoms with Gasteiger partial charge in [-0.3, -0.25) is 0 Å². The third kappa shape index (κ3) is 7.28. The number of hydrogen-bond acceptors (Lipinski definition) is 2. The Kier molecular flexibility index (Phi) is 10.1. The molecule has 1 N–H and O–H groups in total. The Bertz CT molecular complexity index is 937. The molecule has 35 heavy (non-hydrogen) atoms. The number of benzene rings is 2. The van der Waals surface area contributed by atoms with Crippen LogP contribution in [0.15, 0.2) is 42.5 Å². The molecule has 0 saturated heterocycles.